The lowest BCUT2D eigenvalue weighted by Gasteiger charge is -2.39. The van der Waals surface area contributed by atoms with Crippen molar-refractivity contribution in [1.29, 1.82) is 0 Å². The van der Waals surface area contributed by atoms with Gasteiger partial charge in [-0.15, -0.1) is 0 Å². The number of benzene rings is 1. The number of rotatable bonds is 2. The molecule has 1 aliphatic heterocycles. The van der Waals surface area contributed by atoms with Crippen LogP contribution in [0.5, 0.6) is 0 Å². The van der Waals surface area contributed by atoms with E-state index >= 15 is 0 Å². The summed E-state index contributed by atoms with van der Waals surface area (Å²) in [6.07, 6.45) is 2.22. The minimum atomic E-state index is 0.366. The highest BCUT2D eigenvalue weighted by molar-refractivity contribution is 5.82. The molecule has 0 N–H and O–H groups in total. The van der Waals surface area contributed by atoms with Gasteiger partial charge < -0.3 is 4.90 Å². The van der Waals surface area contributed by atoms with Crippen LogP contribution in [0.25, 0.3) is 0 Å². The van der Waals surface area contributed by atoms with Gasteiger partial charge in [0, 0.05) is 24.9 Å². The van der Waals surface area contributed by atoms with Crippen LogP contribution in [0.3, 0.4) is 0 Å². The van der Waals surface area contributed by atoms with Crippen LogP contribution in [0, 0.1) is 12.0 Å². The van der Waals surface area contributed by atoms with E-state index in [0.717, 1.165) is 25.9 Å². The normalized spacial score (nSPS) is 21.2. The van der Waals surface area contributed by atoms with E-state index in [0.29, 0.717) is 17.7 Å². The Bertz CT molecular complexity index is 363. The molecule has 2 fully saturated rings. The second-order valence-corrected chi connectivity index (χ2v) is 4.53. The van der Waals surface area contributed by atoms with Gasteiger partial charge >= 0.3 is 0 Å². The molecular weight excluding hydrogens is 186 g/mol. The Morgan fingerprint density at radius 2 is 2.13 bits per heavy atom. The monoisotopic (exact) mass is 200 g/mol. The molecule has 2 nitrogen and oxygen atoms in total. The first-order valence-electron chi connectivity index (χ1n) is 5.60. The van der Waals surface area contributed by atoms with Crippen LogP contribution in [0.15, 0.2) is 24.3 Å². The number of amides is 1. The van der Waals surface area contributed by atoms with Gasteiger partial charge in [0.15, 0.2) is 0 Å². The lowest BCUT2D eigenvalue weighted by Crippen LogP contribution is -2.49. The number of hydrogen-bond acceptors (Lipinski definition) is 1. The fourth-order valence-corrected chi connectivity index (χ4v) is 2.10. The highest BCUT2D eigenvalue weighted by Crippen LogP contribution is 2.35. The molecule has 0 atom stereocenters. The highest BCUT2D eigenvalue weighted by Gasteiger charge is 2.39. The highest BCUT2D eigenvalue weighted by atomic mass is 16.2. The summed E-state index contributed by atoms with van der Waals surface area (Å²) in [4.78, 5) is 13.7. The average Bonchev–Trinajstić information content (AvgIpc) is 3.00. The Balaban J connectivity index is 1.59. The van der Waals surface area contributed by atoms with Crippen molar-refractivity contribution in [1.82, 2.24) is 4.90 Å². The van der Waals surface area contributed by atoms with Crippen LogP contribution in [0.1, 0.15) is 24.3 Å². The predicted molar refractivity (Wildman–Crippen MR) is 57.3 cm³/mol. The SMILES string of the molecule is O=C(C1CC1)N1CC(c2[c]cccc2)C1. The summed E-state index contributed by atoms with van der Waals surface area (Å²) in [5.74, 6) is 1.27. The third kappa shape index (κ3) is 1.65. The summed E-state index contributed by atoms with van der Waals surface area (Å²) in [7, 11) is 0. The quantitative estimate of drug-likeness (QED) is 0.713. The molecule has 1 aromatic rings. The Morgan fingerprint density at radius 3 is 2.73 bits per heavy atom. The third-order valence-electron chi connectivity index (χ3n) is 3.29. The van der Waals surface area contributed by atoms with Crippen molar-refractivity contribution in [3.63, 3.8) is 0 Å². The minimum Gasteiger partial charge on any atom is -0.341 e. The summed E-state index contributed by atoms with van der Waals surface area (Å²) in [6, 6.07) is 11.3. The first-order valence-corrected chi connectivity index (χ1v) is 5.60. The number of hydrogen-bond donors (Lipinski definition) is 0. The smallest absolute Gasteiger partial charge is 0.225 e. The first kappa shape index (κ1) is 8.96. The van der Waals surface area contributed by atoms with Gasteiger partial charge in [-0.2, -0.15) is 0 Å². The van der Waals surface area contributed by atoms with Crippen LogP contribution in [0.4, 0.5) is 0 Å². The standard InChI is InChI=1S/C13H14NO/c15-13(11-6-7-11)14-8-12(9-14)10-4-2-1-3-5-10/h1-4,11-12H,6-9H2. The topological polar surface area (TPSA) is 20.3 Å². The third-order valence-corrected chi connectivity index (χ3v) is 3.29. The Hall–Kier alpha value is -1.31. The molecule has 15 heavy (non-hydrogen) atoms. The lowest BCUT2D eigenvalue weighted by molar-refractivity contribution is -0.137. The number of carbonyl (C=O) groups is 1. The largest absolute Gasteiger partial charge is 0.341 e. The Morgan fingerprint density at radius 1 is 1.33 bits per heavy atom. The Labute approximate surface area is 89.9 Å². The summed E-state index contributed by atoms with van der Waals surface area (Å²) >= 11 is 0. The second-order valence-electron chi connectivity index (χ2n) is 4.53. The molecule has 1 amide bonds. The van der Waals surface area contributed by atoms with Gasteiger partial charge in [0.05, 0.1) is 0 Å². The van der Waals surface area contributed by atoms with Crippen LogP contribution in [-0.2, 0) is 4.79 Å². The minimum absolute atomic E-state index is 0.366. The molecule has 1 aliphatic carbocycles. The molecule has 2 heteroatoms. The van der Waals surface area contributed by atoms with E-state index in [4.69, 9.17) is 0 Å². The second kappa shape index (κ2) is 3.37. The summed E-state index contributed by atoms with van der Waals surface area (Å²) in [6.45, 7) is 1.80. The number of nitrogens with zero attached hydrogens (tertiary/aromatic N) is 1. The van der Waals surface area contributed by atoms with E-state index in [9.17, 15) is 4.79 Å². The van der Waals surface area contributed by atoms with E-state index in [-0.39, 0.29) is 0 Å². The Kier molecular flexibility index (Phi) is 2.01. The van der Waals surface area contributed by atoms with Crippen molar-refractivity contribution in [2.75, 3.05) is 13.1 Å². The van der Waals surface area contributed by atoms with Crippen molar-refractivity contribution in [2.45, 2.75) is 18.8 Å². The fraction of sp³-hybridized carbons (Fsp3) is 0.462. The van der Waals surface area contributed by atoms with Gasteiger partial charge in [-0.05, 0) is 24.5 Å². The van der Waals surface area contributed by atoms with E-state index in [2.05, 4.69) is 12.1 Å². The molecular formula is C13H14NO. The van der Waals surface area contributed by atoms with Crippen molar-refractivity contribution in [2.24, 2.45) is 5.92 Å². The zero-order valence-corrected chi connectivity index (χ0v) is 8.65. The van der Waals surface area contributed by atoms with Crippen molar-refractivity contribution in [3.05, 3.63) is 35.9 Å². The van der Waals surface area contributed by atoms with Crippen LogP contribution in [-0.4, -0.2) is 23.9 Å². The molecule has 77 valence electrons. The molecule has 1 aromatic carbocycles. The number of likely N-dealkylation sites (tertiary alicyclic amines) is 1. The van der Waals surface area contributed by atoms with Gasteiger partial charge in [0.2, 0.25) is 5.91 Å². The average molecular weight is 200 g/mol. The van der Waals surface area contributed by atoms with Gasteiger partial charge in [-0.25, -0.2) is 0 Å². The summed E-state index contributed by atoms with van der Waals surface area (Å²) < 4.78 is 0. The predicted octanol–water partition coefficient (Wildman–Crippen LogP) is 1.82. The van der Waals surface area contributed by atoms with Crippen LogP contribution >= 0.6 is 0 Å². The van der Waals surface area contributed by atoms with Crippen molar-refractivity contribution >= 4 is 5.91 Å². The van der Waals surface area contributed by atoms with E-state index in [1.165, 1.54) is 5.56 Å². The van der Waals surface area contributed by atoms with Crippen LogP contribution < -0.4 is 0 Å². The zero-order valence-electron chi connectivity index (χ0n) is 8.65. The molecule has 2 aliphatic rings. The fourth-order valence-electron chi connectivity index (χ4n) is 2.10. The van der Waals surface area contributed by atoms with Crippen molar-refractivity contribution < 1.29 is 4.79 Å². The molecule has 1 saturated carbocycles. The van der Waals surface area contributed by atoms with Gasteiger partial charge in [-0.1, -0.05) is 24.3 Å². The molecule has 0 aromatic heterocycles. The van der Waals surface area contributed by atoms with Crippen molar-refractivity contribution in [3.8, 4) is 0 Å². The van der Waals surface area contributed by atoms with Gasteiger partial charge in [0.25, 0.3) is 0 Å². The maximum atomic E-state index is 11.7. The molecule has 0 bridgehead atoms. The number of carbonyl (C=O) groups excluding carboxylic acids is 1. The zero-order chi connectivity index (χ0) is 10.3. The molecule has 1 heterocycles. The lowest BCUT2D eigenvalue weighted by atomic mass is 9.91. The maximum absolute atomic E-state index is 11.7. The van der Waals surface area contributed by atoms with Crippen LogP contribution in [0.2, 0.25) is 0 Å². The molecule has 1 saturated heterocycles. The molecule has 1 radical (unpaired) electrons. The van der Waals surface area contributed by atoms with E-state index in [1.807, 2.05) is 23.1 Å². The summed E-state index contributed by atoms with van der Waals surface area (Å²) in [5, 5.41) is 0. The maximum Gasteiger partial charge on any atom is 0.225 e. The molecule has 0 spiro atoms. The molecule has 0 unspecified atom stereocenters. The van der Waals surface area contributed by atoms with Gasteiger partial charge in [-0.3, -0.25) is 4.79 Å². The molecule has 3 rings (SSSR count). The first-order chi connectivity index (χ1) is 7.34. The van der Waals surface area contributed by atoms with E-state index in [1.54, 1.807) is 0 Å². The van der Waals surface area contributed by atoms with E-state index < -0.39 is 0 Å². The summed E-state index contributed by atoms with van der Waals surface area (Å²) in [5.41, 5.74) is 1.25. The van der Waals surface area contributed by atoms with Gasteiger partial charge in [0.1, 0.15) is 0 Å².